The van der Waals surface area contributed by atoms with Crippen molar-refractivity contribution in [1.82, 2.24) is 4.90 Å². The van der Waals surface area contributed by atoms with Crippen LogP contribution in [0.2, 0.25) is 0 Å². The van der Waals surface area contributed by atoms with Crippen molar-refractivity contribution in [3.8, 4) is 17.6 Å². The van der Waals surface area contributed by atoms with Crippen LogP contribution in [-0.4, -0.2) is 42.3 Å². The maximum atomic E-state index is 12.7. The van der Waals surface area contributed by atoms with Gasteiger partial charge in [-0.15, -0.1) is 0 Å². The summed E-state index contributed by atoms with van der Waals surface area (Å²) >= 11 is 4.23. The lowest BCUT2D eigenvalue weighted by molar-refractivity contribution is -0.147. The second-order valence-electron chi connectivity index (χ2n) is 7.98. The lowest BCUT2D eigenvalue weighted by Crippen LogP contribution is -2.34. The van der Waals surface area contributed by atoms with Crippen molar-refractivity contribution >= 4 is 50.9 Å². The summed E-state index contributed by atoms with van der Waals surface area (Å²) in [6.45, 7) is 3.84. The van der Waals surface area contributed by atoms with Gasteiger partial charge in [-0.25, -0.2) is 0 Å². The summed E-state index contributed by atoms with van der Waals surface area (Å²) in [5, 5.41) is 8.39. The molecule has 0 atom stereocenters. The van der Waals surface area contributed by atoms with E-state index in [-0.39, 0.29) is 24.0 Å². The van der Waals surface area contributed by atoms with Crippen LogP contribution in [-0.2, 0) is 20.9 Å². The number of hydrogen-bond donors (Lipinski definition) is 0. The molecule has 1 aliphatic rings. The third kappa shape index (κ3) is 6.87. The Balaban J connectivity index is 1.74. The molecule has 1 heterocycles. The van der Waals surface area contributed by atoms with Crippen LogP contribution >= 0.6 is 27.7 Å². The number of nitrogens with zero attached hydrogens (tertiary/aromatic N) is 2. The van der Waals surface area contributed by atoms with E-state index < -0.39 is 23.7 Å². The Labute approximate surface area is 216 Å². The monoisotopic (exact) mass is 558 g/mol. The van der Waals surface area contributed by atoms with Crippen LogP contribution < -0.4 is 9.47 Å². The van der Waals surface area contributed by atoms with Gasteiger partial charge in [0.25, 0.3) is 11.1 Å². The molecule has 1 aliphatic heterocycles. The Morgan fingerprint density at radius 2 is 1.94 bits per heavy atom. The lowest BCUT2D eigenvalue weighted by Gasteiger charge is -2.14. The number of halogens is 1. The topological polar surface area (TPSA) is 106 Å². The SMILES string of the molecule is COc1cc(/C=C2/SC(=O)N(CC(=O)OCC(C)C)C2=O)cc(Br)c1OCc1ccc(C#N)cc1. The van der Waals surface area contributed by atoms with E-state index in [1.165, 1.54) is 7.11 Å². The first-order valence-corrected chi connectivity index (χ1v) is 12.2. The quantitative estimate of drug-likeness (QED) is 0.307. The van der Waals surface area contributed by atoms with Crippen LogP contribution in [0, 0.1) is 17.2 Å². The maximum Gasteiger partial charge on any atom is 0.326 e. The van der Waals surface area contributed by atoms with Crippen molar-refractivity contribution in [1.29, 1.82) is 5.26 Å². The molecule has 0 saturated carbocycles. The summed E-state index contributed by atoms with van der Waals surface area (Å²) in [5.74, 6) is -0.141. The second kappa shape index (κ2) is 11.9. The van der Waals surface area contributed by atoms with E-state index in [9.17, 15) is 14.4 Å². The third-order valence-electron chi connectivity index (χ3n) is 4.75. The molecule has 2 aromatic carbocycles. The van der Waals surface area contributed by atoms with Crippen LogP contribution in [0.3, 0.4) is 0 Å². The summed E-state index contributed by atoms with van der Waals surface area (Å²) in [7, 11) is 1.50. The molecule has 0 unspecified atom stereocenters. The summed E-state index contributed by atoms with van der Waals surface area (Å²) in [6, 6.07) is 12.5. The first-order valence-electron chi connectivity index (χ1n) is 10.6. The zero-order valence-corrected chi connectivity index (χ0v) is 21.8. The lowest BCUT2D eigenvalue weighted by atomic mass is 10.1. The minimum Gasteiger partial charge on any atom is -0.493 e. The summed E-state index contributed by atoms with van der Waals surface area (Å²) < 4.78 is 17.1. The van der Waals surface area contributed by atoms with E-state index in [4.69, 9.17) is 19.5 Å². The van der Waals surface area contributed by atoms with Crippen molar-refractivity contribution in [3.05, 3.63) is 62.5 Å². The molecule has 3 rings (SSSR count). The van der Waals surface area contributed by atoms with E-state index in [0.29, 0.717) is 27.1 Å². The van der Waals surface area contributed by atoms with Gasteiger partial charge in [0.1, 0.15) is 13.2 Å². The number of esters is 1. The van der Waals surface area contributed by atoms with Crippen LogP contribution in [0.15, 0.2) is 45.8 Å². The number of amides is 2. The number of imide groups is 1. The maximum absolute atomic E-state index is 12.7. The fraction of sp³-hybridized carbons (Fsp3) is 0.280. The molecule has 2 aromatic rings. The van der Waals surface area contributed by atoms with Crippen molar-refractivity contribution in [3.63, 3.8) is 0 Å². The molecule has 0 radical (unpaired) electrons. The zero-order chi connectivity index (χ0) is 25.5. The summed E-state index contributed by atoms with van der Waals surface area (Å²) in [5.41, 5.74) is 2.05. The van der Waals surface area contributed by atoms with Crippen molar-refractivity contribution in [2.24, 2.45) is 5.92 Å². The Hall–Kier alpha value is -3.29. The van der Waals surface area contributed by atoms with E-state index in [1.807, 2.05) is 26.0 Å². The van der Waals surface area contributed by atoms with E-state index in [2.05, 4.69) is 22.0 Å². The van der Waals surface area contributed by atoms with Crippen LogP contribution in [0.5, 0.6) is 11.5 Å². The summed E-state index contributed by atoms with van der Waals surface area (Å²) in [4.78, 5) is 38.1. The highest BCUT2D eigenvalue weighted by molar-refractivity contribution is 9.10. The molecular weight excluding hydrogens is 536 g/mol. The number of nitriles is 1. The van der Waals surface area contributed by atoms with E-state index >= 15 is 0 Å². The average Bonchev–Trinajstić information content (AvgIpc) is 3.09. The number of thioether (sulfide) groups is 1. The van der Waals surface area contributed by atoms with Crippen molar-refractivity contribution in [2.75, 3.05) is 20.3 Å². The highest BCUT2D eigenvalue weighted by Gasteiger charge is 2.36. The minimum absolute atomic E-state index is 0.151. The molecule has 1 fully saturated rings. The number of rotatable bonds is 9. The third-order valence-corrected chi connectivity index (χ3v) is 6.25. The molecule has 0 spiro atoms. The van der Waals surface area contributed by atoms with Crippen molar-refractivity contribution < 1.29 is 28.6 Å². The zero-order valence-electron chi connectivity index (χ0n) is 19.4. The largest absolute Gasteiger partial charge is 0.493 e. The van der Waals surface area contributed by atoms with Gasteiger partial charge in [-0.2, -0.15) is 5.26 Å². The van der Waals surface area contributed by atoms with Crippen LogP contribution in [0.4, 0.5) is 4.79 Å². The molecule has 0 aromatic heterocycles. The first kappa shape index (κ1) is 26.3. The van der Waals surface area contributed by atoms with Crippen LogP contribution in [0.25, 0.3) is 6.08 Å². The van der Waals surface area contributed by atoms with Gasteiger partial charge < -0.3 is 14.2 Å². The molecule has 0 N–H and O–H groups in total. The number of carbonyl (C=O) groups excluding carboxylic acids is 3. The predicted octanol–water partition coefficient (Wildman–Crippen LogP) is 5.14. The van der Waals surface area contributed by atoms with Gasteiger partial charge in [-0.3, -0.25) is 19.3 Å². The number of benzene rings is 2. The Bertz CT molecular complexity index is 1200. The molecule has 0 aliphatic carbocycles. The molecular formula is C25H23BrN2O6S. The highest BCUT2D eigenvalue weighted by Crippen LogP contribution is 2.39. The second-order valence-corrected chi connectivity index (χ2v) is 9.82. The Morgan fingerprint density at radius 1 is 1.23 bits per heavy atom. The molecule has 0 bridgehead atoms. The normalized spacial score (nSPS) is 14.4. The smallest absolute Gasteiger partial charge is 0.326 e. The number of ether oxygens (including phenoxy) is 3. The average molecular weight is 559 g/mol. The van der Waals surface area contributed by atoms with Gasteiger partial charge in [0, 0.05) is 0 Å². The Morgan fingerprint density at radius 3 is 2.57 bits per heavy atom. The molecule has 35 heavy (non-hydrogen) atoms. The van der Waals surface area contributed by atoms with Crippen molar-refractivity contribution in [2.45, 2.75) is 20.5 Å². The molecule has 10 heteroatoms. The van der Waals surface area contributed by atoms with Crippen LogP contribution in [0.1, 0.15) is 30.5 Å². The summed E-state index contributed by atoms with van der Waals surface area (Å²) in [6.07, 6.45) is 1.56. The van der Waals surface area contributed by atoms with E-state index in [1.54, 1.807) is 30.3 Å². The number of carbonyl (C=O) groups is 3. The number of hydrogen-bond acceptors (Lipinski definition) is 8. The van der Waals surface area contributed by atoms with Gasteiger partial charge in [-0.1, -0.05) is 26.0 Å². The first-order chi connectivity index (χ1) is 16.7. The van der Waals surface area contributed by atoms with Gasteiger partial charge in [0.15, 0.2) is 11.5 Å². The van der Waals surface area contributed by atoms with Gasteiger partial charge >= 0.3 is 5.97 Å². The fourth-order valence-electron chi connectivity index (χ4n) is 3.02. The molecule has 8 nitrogen and oxygen atoms in total. The minimum atomic E-state index is -0.629. The predicted molar refractivity (Wildman–Crippen MR) is 135 cm³/mol. The molecule has 1 saturated heterocycles. The fourth-order valence-corrected chi connectivity index (χ4v) is 4.43. The highest BCUT2D eigenvalue weighted by atomic mass is 79.9. The molecule has 182 valence electrons. The number of methoxy groups -OCH3 is 1. The molecule has 2 amide bonds. The van der Waals surface area contributed by atoms with Gasteiger partial charge in [-0.05, 0) is 75.1 Å². The van der Waals surface area contributed by atoms with Gasteiger partial charge in [0.2, 0.25) is 0 Å². The Kier molecular flexibility index (Phi) is 8.95. The van der Waals surface area contributed by atoms with Gasteiger partial charge in [0.05, 0.1) is 34.7 Å². The standard InChI is InChI=1S/C25H23BrN2O6S/c1-15(2)13-33-22(29)12-28-24(30)21(35-25(28)31)10-18-8-19(26)23(20(9-18)32-3)34-14-17-6-4-16(11-27)5-7-17/h4-10,15H,12-14H2,1-3H3/b21-10+. The van der Waals surface area contributed by atoms with E-state index in [0.717, 1.165) is 22.2 Å².